The minimum atomic E-state index is -4.36. The van der Waals surface area contributed by atoms with E-state index >= 15 is 0 Å². The van der Waals surface area contributed by atoms with Gasteiger partial charge in [0.15, 0.2) is 0 Å². The van der Waals surface area contributed by atoms with Gasteiger partial charge >= 0.3 is 12.1 Å². The van der Waals surface area contributed by atoms with Crippen LogP contribution in [0.15, 0.2) is 30.5 Å². The van der Waals surface area contributed by atoms with Crippen molar-refractivity contribution in [3.63, 3.8) is 0 Å². The Morgan fingerprint density at radius 3 is 2.42 bits per heavy atom. The summed E-state index contributed by atoms with van der Waals surface area (Å²) in [4.78, 5) is 10.7. The first-order valence-electron chi connectivity index (χ1n) is 5.16. The number of hydrogen-bond acceptors (Lipinski definition) is 3. The molecular weight excluding hydrogens is 263 g/mol. The summed E-state index contributed by atoms with van der Waals surface area (Å²) in [5, 5.41) is 15.7. The van der Waals surface area contributed by atoms with Crippen molar-refractivity contribution in [2.75, 3.05) is 0 Å². The Kier molecular flexibility index (Phi) is 3.24. The Morgan fingerprint density at radius 1 is 1.26 bits per heavy atom. The molecule has 0 saturated carbocycles. The van der Waals surface area contributed by atoms with Gasteiger partial charge in [0.05, 0.1) is 11.8 Å². The third-order valence-electron chi connectivity index (χ3n) is 2.31. The maximum Gasteiger partial charge on any atom is 0.408 e. The van der Waals surface area contributed by atoms with Gasteiger partial charge in [-0.05, 0) is 12.1 Å². The first-order valence-corrected chi connectivity index (χ1v) is 5.16. The van der Waals surface area contributed by atoms with Gasteiger partial charge in [-0.15, -0.1) is 5.10 Å². The lowest BCUT2D eigenvalue weighted by Crippen LogP contribution is -2.17. The fraction of sp³-hybridized carbons (Fsp3) is 0.182. The largest absolute Gasteiger partial charge is 0.478 e. The average molecular weight is 271 g/mol. The molecule has 0 aliphatic rings. The summed E-state index contributed by atoms with van der Waals surface area (Å²) in [5.41, 5.74) is 0.839. The predicted octanol–water partition coefficient (Wildman–Crippen LogP) is 2.21. The van der Waals surface area contributed by atoms with E-state index in [1.165, 1.54) is 24.3 Å². The molecule has 1 aromatic carbocycles. The van der Waals surface area contributed by atoms with Crippen molar-refractivity contribution in [3.05, 3.63) is 36.0 Å². The van der Waals surface area contributed by atoms with Gasteiger partial charge in [0.25, 0.3) is 0 Å². The van der Waals surface area contributed by atoms with Gasteiger partial charge in [-0.3, -0.25) is 0 Å². The molecule has 0 bridgehead atoms. The highest BCUT2D eigenvalue weighted by Crippen LogP contribution is 2.20. The summed E-state index contributed by atoms with van der Waals surface area (Å²) in [5.74, 6) is -1.08. The number of aromatic carboxylic acids is 1. The molecule has 0 aliphatic heterocycles. The number of benzene rings is 1. The Bertz CT molecular complexity index is 590. The van der Waals surface area contributed by atoms with Crippen molar-refractivity contribution in [1.29, 1.82) is 0 Å². The minimum Gasteiger partial charge on any atom is -0.478 e. The zero-order chi connectivity index (χ0) is 14.0. The van der Waals surface area contributed by atoms with Crippen LogP contribution in [0.4, 0.5) is 13.2 Å². The average Bonchev–Trinajstić information content (AvgIpc) is 2.75. The second kappa shape index (κ2) is 4.71. The topological polar surface area (TPSA) is 68.0 Å². The van der Waals surface area contributed by atoms with Crippen LogP contribution in [0.25, 0.3) is 11.3 Å². The smallest absolute Gasteiger partial charge is 0.408 e. The molecule has 2 rings (SSSR count). The monoisotopic (exact) mass is 271 g/mol. The molecule has 0 radical (unpaired) electrons. The Labute approximate surface area is 105 Å². The zero-order valence-electron chi connectivity index (χ0n) is 9.42. The number of aromatic nitrogens is 3. The minimum absolute atomic E-state index is 0.0893. The van der Waals surface area contributed by atoms with Gasteiger partial charge in [0, 0.05) is 5.56 Å². The Hall–Kier alpha value is -2.38. The van der Waals surface area contributed by atoms with Gasteiger partial charge in [0.2, 0.25) is 0 Å². The quantitative estimate of drug-likeness (QED) is 0.929. The lowest BCUT2D eigenvalue weighted by atomic mass is 10.1. The van der Waals surface area contributed by atoms with E-state index in [0.717, 1.165) is 6.20 Å². The van der Waals surface area contributed by atoms with E-state index in [1.54, 1.807) is 0 Å². The van der Waals surface area contributed by atoms with Crippen molar-refractivity contribution in [3.8, 4) is 11.3 Å². The fourth-order valence-electron chi connectivity index (χ4n) is 1.48. The molecule has 100 valence electrons. The van der Waals surface area contributed by atoms with Gasteiger partial charge in [-0.25, -0.2) is 9.48 Å². The third-order valence-corrected chi connectivity index (χ3v) is 2.31. The molecule has 2 aromatic rings. The van der Waals surface area contributed by atoms with Gasteiger partial charge in [-0.2, -0.15) is 13.2 Å². The van der Waals surface area contributed by atoms with Crippen molar-refractivity contribution in [1.82, 2.24) is 15.0 Å². The number of rotatable bonds is 3. The lowest BCUT2D eigenvalue weighted by Gasteiger charge is -2.04. The van der Waals surface area contributed by atoms with E-state index in [0.29, 0.717) is 10.2 Å². The molecule has 1 heterocycles. The number of carboxylic acid groups (broad SMARTS) is 1. The summed E-state index contributed by atoms with van der Waals surface area (Å²) in [7, 11) is 0. The first kappa shape index (κ1) is 13.1. The van der Waals surface area contributed by atoms with Crippen LogP contribution in [0.5, 0.6) is 0 Å². The van der Waals surface area contributed by atoms with E-state index in [4.69, 9.17) is 5.11 Å². The van der Waals surface area contributed by atoms with E-state index in [1.807, 2.05) is 0 Å². The number of carboxylic acids is 1. The van der Waals surface area contributed by atoms with E-state index < -0.39 is 18.7 Å². The summed E-state index contributed by atoms with van der Waals surface area (Å²) >= 11 is 0. The van der Waals surface area contributed by atoms with Crippen LogP contribution in [-0.4, -0.2) is 32.2 Å². The number of carbonyl (C=O) groups is 1. The highest BCUT2D eigenvalue weighted by Gasteiger charge is 2.28. The molecule has 0 unspecified atom stereocenters. The van der Waals surface area contributed by atoms with Crippen molar-refractivity contribution >= 4 is 5.97 Å². The standard InChI is InChI=1S/C11H8F3N3O2/c12-11(13,14)6-17-5-9(15-16-17)7-1-3-8(4-2-7)10(18)19/h1-5H,6H2,(H,18,19). The summed E-state index contributed by atoms with van der Waals surface area (Å²) in [6.07, 6.45) is -3.21. The number of nitrogens with zero attached hydrogens (tertiary/aromatic N) is 3. The number of alkyl halides is 3. The molecule has 0 aliphatic carbocycles. The lowest BCUT2D eigenvalue weighted by molar-refractivity contribution is -0.142. The van der Waals surface area contributed by atoms with Gasteiger partial charge in [-0.1, -0.05) is 17.3 Å². The summed E-state index contributed by atoms with van der Waals surface area (Å²) in [6.45, 7) is -1.22. The van der Waals surface area contributed by atoms with Crippen molar-refractivity contribution in [2.45, 2.75) is 12.7 Å². The van der Waals surface area contributed by atoms with E-state index in [2.05, 4.69) is 10.3 Å². The Morgan fingerprint density at radius 2 is 1.89 bits per heavy atom. The second-order valence-corrected chi connectivity index (χ2v) is 3.80. The molecule has 0 spiro atoms. The van der Waals surface area contributed by atoms with Crippen LogP contribution in [0.1, 0.15) is 10.4 Å². The zero-order valence-corrected chi connectivity index (χ0v) is 9.42. The van der Waals surface area contributed by atoms with Crippen LogP contribution in [-0.2, 0) is 6.54 Å². The molecule has 1 aromatic heterocycles. The predicted molar refractivity (Wildman–Crippen MR) is 58.5 cm³/mol. The molecule has 1 N–H and O–H groups in total. The van der Waals surface area contributed by atoms with Crippen LogP contribution >= 0.6 is 0 Å². The highest BCUT2D eigenvalue weighted by molar-refractivity contribution is 5.88. The van der Waals surface area contributed by atoms with Crippen LogP contribution in [0.3, 0.4) is 0 Å². The number of halogens is 3. The SMILES string of the molecule is O=C(O)c1ccc(-c2cn(CC(F)(F)F)nn2)cc1. The van der Waals surface area contributed by atoms with E-state index in [-0.39, 0.29) is 11.3 Å². The molecule has 19 heavy (non-hydrogen) atoms. The first-order chi connectivity index (χ1) is 8.85. The van der Waals surface area contributed by atoms with Crippen molar-refractivity contribution in [2.24, 2.45) is 0 Å². The number of hydrogen-bond donors (Lipinski definition) is 1. The van der Waals surface area contributed by atoms with E-state index in [9.17, 15) is 18.0 Å². The summed E-state index contributed by atoms with van der Waals surface area (Å²) < 4.78 is 37.1. The molecular formula is C11H8F3N3O2. The molecule has 0 saturated heterocycles. The highest BCUT2D eigenvalue weighted by atomic mass is 19.4. The molecule has 0 amide bonds. The Balaban J connectivity index is 2.20. The van der Waals surface area contributed by atoms with Gasteiger partial charge in [0.1, 0.15) is 12.2 Å². The van der Waals surface area contributed by atoms with Gasteiger partial charge < -0.3 is 5.11 Å². The van der Waals surface area contributed by atoms with Crippen LogP contribution in [0, 0.1) is 0 Å². The normalized spacial score (nSPS) is 11.5. The molecule has 5 nitrogen and oxygen atoms in total. The molecule has 0 fully saturated rings. The maximum absolute atomic E-state index is 12.1. The fourth-order valence-corrected chi connectivity index (χ4v) is 1.48. The maximum atomic E-state index is 12.1. The van der Waals surface area contributed by atoms with Crippen LogP contribution < -0.4 is 0 Å². The molecule has 8 heteroatoms. The third kappa shape index (κ3) is 3.30. The second-order valence-electron chi connectivity index (χ2n) is 3.80. The summed E-state index contributed by atoms with van der Waals surface area (Å²) in [6, 6.07) is 5.62. The van der Waals surface area contributed by atoms with Crippen molar-refractivity contribution < 1.29 is 23.1 Å². The molecule has 0 atom stereocenters. The van der Waals surface area contributed by atoms with Crippen LogP contribution in [0.2, 0.25) is 0 Å².